The van der Waals surface area contributed by atoms with Crippen LogP contribution in [0.15, 0.2) is 42.7 Å². The summed E-state index contributed by atoms with van der Waals surface area (Å²) in [4.78, 5) is 33.4. The van der Waals surface area contributed by atoms with Crippen LogP contribution in [0.4, 0.5) is 5.95 Å². The fourth-order valence-corrected chi connectivity index (χ4v) is 2.88. The van der Waals surface area contributed by atoms with Crippen LogP contribution in [0.1, 0.15) is 17.5 Å². The Kier molecular flexibility index (Phi) is 5.75. The zero-order valence-electron chi connectivity index (χ0n) is 14.3. The average molecular weight is 355 g/mol. The smallest absolute Gasteiger partial charge is 0.305 e. The zero-order chi connectivity index (χ0) is 18.4. The van der Waals surface area contributed by atoms with E-state index in [9.17, 15) is 9.59 Å². The molecule has 8 heteroatoms. The highest BCUT2D eigenvalue weighted by Crippen LogP contribution is 2.14. The van der Waals surface area contributed by atoms with Crippen molar-refractivity contribution in [3.05, 3.63) is 53.9 Å². The fourth-order valence-electron chi connectivity index (χ4n) is 2.88. The summed E-state index contributed by atoms with van der Waals surface area (Å²) in [7, 11) is 0. The summed E-state index contributed by atoms with van der Waals surface area (Å²) in [5.41, 5.74) is 1.97. The van der Waals surface area contributed by atoms with Crippen molar-refractivity contribution < 1.29 is 14.7 Å². The van der Waals surface area contributed by atoms with E-state index in [0.717, 1.165) is 11.1 Å². The van der Waals surface area contributed by atoms with Crippen molar-refractivity contribution >= 4 is 17.8 Å². The molecule has 1 aliphatic heterocycles. The van der Waals surface area contributed by atoms with Gasteiger partial charge in [-0.25, -0.2) is 9.97 Å². The van der Waals surface area contributed by atoms with Gasteiger partial charge in [-0.2, -0.15) is 0 Å². The van der Waals surface area contributed by atoms with Crippen molar-refractivity contribution in [1.82, 2.24) is 20.2 Å². The maximum Gasteiger partial charge on any atom is 0.305 e. The molecule has 3 N–H and O–H groups in total. The molecule has 1 atom stereocenters. The summed E-state index contributed by atoms with van der Waals surface area (Å²) in [5.74, 6) is -0.717. The number of aliphatic carboxylic acids is 1. The Bertz CT molecular complexity index is 751. The number of nitrogens with one attached hydrogen (secondary N) is 2. The number of hydrogen-bond acceptors (Lipinski definition) is 6. The molecule has 26 heavy (non-hydrogen) atoms. The SMILES string of the molecule is O=C(O)C[C@@H]1C(=O)NCCN1Cc1cnc(NCc2ccccc2)nc1. The van der Waals surface area contributed by atoms with Crippen LogP contribution in [0.2, 0.25) is 0 Å². The molecule has 1 aliphatic rings. The second-order valence-electron chi connectivity index (χ2n) is 6.13. The lowest BCUT2D eigenvalue weighted by molar-refractivity contribution is -0.143. The Balaban J connectivity index is 1.59. The van der Waals surface area contributed by atoms with Gasteiger partial charge in [-0.1, -0.05) is 30.3 Å². The maximum absolute atomic E-state index is 11.9. The molecule has 0 saturated carbocycles. The minimum atomic E-state index is -0.992. The number of carbonyl (C=O) groups excluding carboxylic acids is 1. The number of aromatic nitrogens is 2. The van der Waals surface area contributed by atoms with E-state index in [2.05, 4.69) is 20.6 Å². The highest BCUT2D eigenvalue weighted by molar-refractivity contribution is 5.86. The van der Waals surface area contributed by atoms with Gasteiger partial charge < -0.3 is 15.7 Å². The third-order valence-electron chi connectivity index (χ3n) is 4.19. The minimum absolute atomic E-state index is 0.219. The van der Waals surface area contributed by atoms with Crippen LogP contribution >= 0.6 is 0 Å². The van der Waals surface area contributed by atoms with Gasteiger partial charge in [-0.3, -0.25) is 14.5 Å². The number of carboxylic acids is 1. The number of amides is 1. The topological polar surface area (TPSA) is 107 Å². The predicted molar refractivity (Wildman–Crippen MR) is 95.3 cm³/mol. The van der Waals surface area contributed by atoms with Crippen LogP contribution in [0, 0.1) is 0 Å². The van der Waals surface area contributed by atoms with Gasteiger partial charge in [-0.15, -0.1) is 0 Å². The molecule has 3 rings (SSSR count). The molecule has 8 nitrogen and oxygen atoms in total. The quantitative estimate of drug-likeness (QED) is 0.676. The van der Waals surface area contributed by atoms with Crippen LogP contribution in [-0.4, -0.2) is 51.0 Å². The summed E-state index contributed by atoms with van der Waals surface area (Å²) < 4.78 is 0. The largest absolute Gasteiger partial charge is 0.481 e. The summed E-state index contributed by atoms with van der Waals surface area (Å²) in [6.45, 7) is 2.17. The van der Waals surface area contributed by atoms with E-state index < -0.39 is 12.0 Å². The molecule has 1 aromatic heterocycles. The summed E-state index contributed by atoms with van der Waals surface area (Å²) in [6, 6.07) is 9.29. The third-order valence-corrected chi connectivity index (χ3v) is 4.19. The lowest BCUT2D eigenvalue weighted by Crippen LogP contribution is -2.55. The number of carboxylic acid groups (broad SMARTS) is 1. The van der Waals surface area contributed by atoms with Gasteiger partial charge in [0.1, 0.15) is 6.04 Å². The molecular weight excluding hydrogens is 334 g/mol. The molecule has 1 aromatic carbocycles. The van der Waals surface area contributed by atoms with Gasteiger partial charge in [0.05, 0.1) is 6.42 Å². The molecule has 0 unspecified atom stereocenters. The Labute approximate surface area is 151 Å². The van der Waals surface area contributed by atoms with Crippen LogP contribution in [-0.2, 0) is 22.7 Å². The van der Waals surface area contributed by atoms with Gasteiger partial charge in [0.15, 0.2) is 0 Å². The third kappa shape index (κ3) is 4.76. The first-order valence-corrected chi connectivity index (χ1v) is 8.44. The standard InChI is InChI=1S/C18H21N5O3/c24-16(25)8-15-17(26)19-6-7-23(15)12-14-10-21-18(22-11-14)20-9-13-4-2-1-3-5-13/h1-5,10-11,15H,6-9,12H2,(H,19,26)(H,24,25)(H,20,21,22)/t15-/m1/s1. The molecule has 1 fully saturated rings. The Hall–Kier alpha value is -3.00. The van der Waals surface area contributed by atoms with Crippen LogP contribution in [0.3, 0.4) is 0 Å². The van der Waals surface area contributed by atoms with Gasteiger partial charge in [0.25, 0.3) is 0 Å². The van der Waals surface area contributed by atoms with Gasteiger partial charge in [-0.05, 0) is 5.56 Å². The first kappa shape index (κ1) is 17.8. The monoisotopic (exact) mass is 355 g/mol. The van der Waals surface area contributed by atoms with Gasteiger partial charge in [0, 0.05) is 44.1 Å². The van der Waals surface area contributed by atoms with E-state index >= 15 is 0 Å². The zero-order valence-corrected chi connectivity index (χ0v) is 14.3. The first-order valence-electron chi connectivity index (χ1n) is 8.44. The van der Waals surface area contributed by atoms with Crippen molar-refractivity contribution in [2.24, 2.45) is 0 Å². The Morgan fingerprint density at radius 2 is 1.96 bits per heavy atom. The molecular formula is C18H21N5O3. The fraction of sp³-hybridized carbons (Fsp3) is 0.333. The van der Waals surface area contributed by atoms with Crippen LogP contribution in [0.25, 0.3) is 0 Å². The summed E-state index contributed by atoms with van der Waals surface area (Å²) in [6.07, 6.45) is 3.18. The maximum atomic E-state index is 11.9. The predicted octanol–water partition coefficient (Wildman–Crippen LogP) is 0.864. The van der Waals surface area contributed by atoms with Crippen LogP contribution in [0.5, 0.6) is 0 Å². The molecule has 0 spiro atoms. The van der Waals surface area contributed by atoms with Gasteiger partial charge >= 0.3 is 5.97 Å². The first-order chi connectivity index (χ1) is 12.6. The van der Waals surface area contributed by atoms with Crippen molar-refractivity contribution in [3.63, 3.8) is 0 Å². The second kappa shape index (κ2) is 8.39. The number of anilines is 1. The van der Waals surface area contributed by atoms with E-state index in [1.165, 1.54) is 0 Å². The molecule has 0 aliphatic carbocycles. The molecule has 1 saturated heterocycles. The van der Waals surface area contributed by atoms with E-state index in [4.69, 9.17) is 5.11 Å². The Morgan fingerprint density at radius 1 is 1.23 bits per heavy atom. The summed E-state index contributed by atoms with van der Waals surface area (Å²) >= 11 is 0. The number of carbonyl (C=O) groups is 2. The minimum Gasteiger partial charge on any atom is -0.481 e. The second-order valence-corrected chi connectivity index (χ2v) is 6.13. The molecule has 0 radical (unpaired) electrons. The van der Waals surface area contributed by atoms with Crippen molar-refractivity contribution in [2.45, 2.75) is 25.6 Å². The van der Waals surface area contributed by atoms with Crippen molar-refractivity contribution in [1.29, 1.82) is 0 Å². The normalized spacial score (nSPS) is 17.5. The Morgan fingerprint density at radius 3 is 2.65 bits per heavy atom. The van der Waals surface area contributed by atoms with E-state index in [1.807, 2.05) is 35.2 Å². The molecule has 1 amide bonds. The summed E-state index contributed by atoms with van der Waals surface area (Å²) in [5, 5.41) is 14.9. The average Bonchev–Trinajstić information content (AvgIpc) is 2.65. The lowest BCUT2D eigenvalue weighted by atomic mass is 10.1. The van der Waals surface area contributed by atoms with Crippen molar-refractivity contribution in [2.75, 3.05) is 18.4 Å². The van der Waals surface area contributed by atoms with Gasteiger partial charge in [0.2, 0.25) is 11.9 Å². The number of benzene rings is 1. The highest BCUT2D eigenvalue weighted by Gasteiger charge is 2.31. The molecule has 2 heterocycles. The van der Waals surface area contributed by atoms with E-state index in [-0.39, 0.29) is 12.3 Å². The lowest BCUT2D eigenvalue weighted by Gasteiger charge is -2.34. The number of nitrogens with zero attached hydrogens (tertiary/aromatic N) is 3. The number of hydrogen-bond donors (Lipinski definition) is 3. The molecule has 136 valence electrons. The number of piperazine rings is 1. The van der Waals surface area contributed by atoms with Crippen molar-refractivity contribution in [3.8, 4) is 0 Å². The van der Waals surface area contributed by atoms with E-state index in [1.54, 1.807) is 12.4 Å². The highest BCUT2D eigenvalue weighted by atomic mass is 16.4. The van der Waals surface area contributed by atoms with E-state index in [0.29, 0.717) is 32.1 Å². The van der Waals surface area contributed by atoms with Crippen LogP contribution < -0.4 is 10.6 Å². The molecule has 0 bridgehead atoms. The number of rotatable bonds is 7. The molecule has 2 aromatic rings.